The van der Waals surface area contributed by atoms with Gasteiger partial charge in [-0.1, -0.05) is 0 Å². The zero-order chi connectivity index (χ0) is 12.4. The number of halogens is 1. The summed E-state index contributed by atoms with van der Waals surface area (Å²) in [5.74, 6) is 1.64. The summed E-state index contributed by atoms with van der Waals surface area (Å²) in [6.45, 7) is 2.40. The summed E-state index contributed by atoms with van der Waals surface area (Å²) in [6.07, 6.45) is 0. The van der Waals surface area contributed by atoms with Gasteiger partial charge in [-0.2, -0.15) is 0 Å². The average molecular weight is 296 g/mol. The molecule has 3 N–H and O–H groups in total. The number of aromatic amines is 1. The molecule has 2 rings (SSSR count). The summed E-state index contributed by atoms with van der Waals surface area (Å²) in [4.78, 5) is 7.52. The van der Waals surface area contributed by atoms with Gasteiger partial charge in [-0.25, -0.2) is 4.98 Å². The number of rotatable bonds is 3. The minimum atomic E-state index is 0.397. The first-order valence-electron chi connectivity index (χ1n) is 5.25. The fourth-order valence-corrected chi connectivity index (χ4v) is 2.26. The molecular formula is C12H14BrN3O. The lowest BCUT2D eigenvalue weighted by Gasteiger charge is -2.06. The van der Waals surface area contributed by atoms with Crippen LogP contribution in [-0.2, 0) is 6.54 Å². The lowest BCUT2D eigenvalue weighted by Crippen LogP contribution is -1.97. The number of hydrogen-bond acceptors (Lipinski definition) is 3. The third-order valence-electron chi connectivity index (χ3n) is 2.57. The maximum atomic E-state index is 5.55. The number of benzene rings is 1. The quantitative estimate of drug-likeness (QED) is 0.915. The molecule has 5 heteroatoms. The van der Waals surface area contributed by atoms with Gasteiger partial charge in [0.1, 0.15) is 21.9 Å². The molecule has 0 amide bonds. The number of H-pyrrole nitrogens is 1. The van der Waals surface area contributed by atoms with Crippen molar-refractivity contribution in [3.05, 3.63) is 34.2 Å². The molecule has 0 saturated carbocycles. The highest BCUT2D eigenvalue weighted by Crippen LogP contribution is 2.29. The van der Waals surface area contributed by atoms with Crippen LogP contribution in [0, 0.1) is 6.92 Å². The predicted molar refractivity (Wildman–Crippen MR) is 70.9 cm³/mol. The Hall–Kier alpha value is -1.33. The van der Waals surface area contributed by atoms with E-state index in [9.17, 15) is 0 Å². The molecule has 17 heavy (non-hydrogen) atoms. The molecule has 1 aromatic carbocycles. The zero-order valence-electron chi connectivity index (χ0n) is 9.75. The first-order chi connectivity index (χ1) is 8.15. The molecule has 1 heterocycles. The highest BCUT2D eigenvalue weighted by molar-refractivity contribution is 9.10. The van der Waals surface area contributed by atoms with Crippen molar-refractivity contribution in [2.45, 2.75) is 13.5 Å². The molecule has 90 valence electrons. The lowest BCUT2D eigenvalue weighted by molar-refractivity contribution is 0.412. The van der Waals surface area contributed by atoms with Gasteiger partial charge in [0.2, 0.25) is 0 Å². The third kappa shape index (κ3) is 2.35. The summed E-state index contributed by atoms with van der Waals surface area (Å²) in [6, 6.07) is 5.96. The van der Waals surface area contributed by atoms with Crippen LogP contribution in [0.5, 0.6) is 5.75 Å². The second-order valence-corrected chi connectivity index (χ2v) is 4.53. The van der Waals surface area contributed by atoms with E-state index < -0.39 is 0 Å². The number of ether oxygens (including phenoxy) is 1. The van der Waals surface area contributed by atoms with Gasteiger partial charge in [0.05, 0.1) is 13.7 Å². The van der Waals surface area contributed by atoms with Crippen molar-refractivity contribution in [2.75, 3.05) is 7.11 Å². The van der Waals surface area contributed by atoms with Crippen LogP contribution in [0.2, 0.25) is 0 Å². The molecule has 0 aliphatic carbocycles. The van der Waals surface area contributed by atoms with Gasteiger partial charge in [-0.05, 0) is 46.6 Å². The van der Waals surface area contributed by atoms with E-state index in [1.807, 2.05) is 25.1 Å². The molecule has 0 spiro atoms. The van der Waals surface area contributed by atoms with Crippen LogP contribution >= 0.6 is 15.9 Å². The van der Waals surface area contributed by atoms with Gasteiger partial charge < -0.3 is 15.5 Å². The lowest BCUT2D eigenvalue weighted by atomic mass is 10.1. The van der Waals surface area contributed by atoms with E-state index in [-0.39, 0.29) is 0 Å². The molecule has 2 aromatic rings. The van der Waals surface area contributed by atoms with Gasteiger partial charge in [0, 0.05) is 5.56 Å². The minimum absolute atomic E-state index is 0.397. The van der Waals surface area contributed by atoms with Gasteiger partial charge >= 0.3 is 0 Å². The van der Waals surface area contributed by atoms with Gasteiger partial charge in [-0.3, -0.25) is 0 Å². The van der Waals surface area contributed by atoms with Crippen molar-refractivity contribution in [1.29, 1.82) is 0 Å². The highest BCUT2D eigenvalue weighted by Gasteiger charge is 2.10. The standard InChI is InChI=1S/C12H14BrN3O/c1-7-5-8(3-4-9(7)17-2)11-12(13)16-10(6-14)15-11/h3-5H,6,14H2,1-2H3,(H,15,16). The maximum absolute atomic E-state index is 5.55. The Balaban J connectivity index is 2.45. The number of imidazole rings is 1. The van der Waals surface area contributed by atoms with Gasteiger partial charge in [0.25, 0.3) is 0 Å². The largest absolute Gasteiger partial charge is 0.496 e. The molecule has 0 aliphatic heterocycles. The van der Waals surface area contributed by atoms with Crippen molar-refractivity contribution in [3.63, 3.8) is 0 Å². The number of nitrogens with zero attached hydrogens (tertiary/aromatic N) is 1. The summed E-state index contributed by atoms with van der Waals surface area (Å²) < 4.78 is 6.08. The minimum Gasteiger partial charge on any atom is -0.496 e. The number of methoxy groups -OCH3 is 1. The molecule has 0 unspecified atom stereocenters. The van der Waals surface area contributed by atoms with E-state index >= 15 is 0 Å². The van der Waals surface area contributed by atoms with E-state index in [0.717, 1.165) is 33.0 Å². The molecule has 0 saturated heterocycles. The molecule has 0 fully saturated rings. The molecule has 0 atom stereocenters. The number of aryl methyl sites for hydroxylation is 1. The average Bonchev–Trinajstić information content (AvgIpc) is 2.70. The maximum Gasteiger partial charge on any atom is 0.121 e. The number of nitrogens with two attached hydrogens (primary N) is 1. The third-order valence-corrected chi connectivity index (χ3v) is 3.14. The second kappa shape index (κ2) is 4.89. The Morgan fingerprint density at radius 3 is 2.76 bits per heavy atom. The van der Waals surface area contributed by atoms with Crippen molar-refractivity contribution >= 4 is 15.9 Å². The second-order valence-electron chi connectivity index (χ2n) is 3.73. The van der Waals surface area contributed by atoms with Crippen LogP contribution in [0.4, 0.5) is 0 Å². The topological polar surface area (TPSA) is 63.9 Å². The highest BCUT2D eigenvalue weighted by atomic mass is 79.9. The molecule has 1 aromatic heterocycles. The number of hydrogen-bond donors (Lipinski definition) is 2. The Kier molecular flexibility index (Phi) is 3.49. The molecule has 0 bridgehead atoms. The van der Waals surface area contributed by atoms with E-state index in [2.05, 4.69) is 25.9 Å². The molecule has 0 radical (unpaired) electrons. The van der Waals surface area contributed by atoms with Crippen molar-refractivity contribution < 1.29 is 4.74 Å². The first-order valence-corrected chi connectivity index (χ1v) is 6.04. The van der Waals surface area contributed by atoms with Crippen LogP contribution in [0.15, 0.2) is 22.8 Å². The normalized spacial score (nSPS) is 10.6. The van der Waals surface area contributed by atoms with Crippen LogP contribution in [0.1, 0.15) is 11.4 Å². The molecule has 0 aliphatic rings. The summed E-state index contributed by atoms with van der Waals surface area (Å²) >= 11 is 3.45. The van der Waals surface area contributed by atoms with Gasteiger partial charge in [-0.15, -0.1) is 0 Å². The van der Waals surface area contributed by atoms with E-state index in [1.54, 1.807) is 7.11 Å². The zero-order valence-corrected chi connectivity index (χ0v) is 11.3. The predicted octanol–water partition coefficient (Wildman–Crippen LogP) is 2.61. The van der Waals surface area contributed by atoms with E-state index in [4.69, 9.17) is 10.5 Å². The Bertz CT molecular complexity index is 537. The fraction of sp³-hybridized carbons (Fsp3) is 0.250. The smallest absolute Gasteiger partial charge is 0.121 e. The van der Waals surface area contributed by atoms with Crippen molar-refractivity contribution in [1.82, 2.24) is 9.97 Å². The van der Waals surface area contributed by atoms with Crippen LogP contribution < -0.4 is 10.5 Å². The fourth-order valence-electron chi connectivity index (χ4n) is 1.71. The van der Waals surface area contributed by atoms with E-state index in [1.165, 1.54) is 0 Å². The molecular weight excluding hydrogens is 282 g/mol. The van der Waals surface area contributed by atoms with Crippen LogP contribution in [0.3, 0.4) is 0 Å². The monoisotopic (exact) mass is 295 g/mol. The van der Waals surface area contributed by atoms with Gasteiger partial charge in [0.15, 0.2) is 0 Å². The Morgan fingerprint density at radius 2 is 2.24 bits per heavy atom. The van der Waals surface area contributed by atoms with Crippen molar-refractivity contribution in [3.8, 4) is 17.0 Å². The first kappa shape index (κ1) is 12.1. The van der Waals surface area contributed by atoms with Crippen molar-refractivity contribution in [2.24, 2.45) is 5.73 Å². The van der Waals surface area contributed by atoms with Crippen LogP contribution in [0.25, 0.3) is 11.3 Å². The summed E-state index contributed by atoms with van der Waals surface area (Å²) in [5, 5.41) is 0. The summed E-state index contributed by atoms with van der Waals surface area (Å²) in [7, 11) is 1.67. The van der Waals surface area contributed by atoms with Crippen LogP contribution in [-0.4, -0.2) is 17.1 Å². The molecule has 4 nitrogen and oxygen atoms in total. The van der Waals surface area contributed by atoms with E-state index in [0.29, 0.717) is 6.54 Å². The summed E-state index contributed by atoms with van der Waals surface area (Å²) in [5.41, 5.74) is 8.53. The Labute approximate surface area is 108 Å². The number of nitrogens with one attached hydrogen (secondary N) is 1. The SMILES string of the molecule is COc1ccc(-c2nc(CN)[nH]c2Br)cc1C. The number of aromatic nitrogens is 2. The Morgan fingerprint density at radius 1 is 1.47 bits per heavy atom.